The molecule has 2 heterocycles. The first-order valence-electron chi connectivity index (χ1n) is 9.20. The first-order chi connectivity index (χ1) is 9.72. The summed E-state index contributed by atoms with van der Waals surface area (Å²) in [4.78, 5) is 5.63. The Balaban J connectivity index is 1.42. The topological polar surface area (TPSA) is 6.48 Å². The zero-order chi connectivity index (χ0) is 13.9. The van der Waals surface area contributed by atoms with E-state index in [4.69, 9.17) is 0 Å². The summed E-state index contributed by atoms with van der Waals surface area (Å²) < 4.78 is 0. The molecule has 0 atom stereocenters. The van der Waals surface area contributed by atoms with Crippen LogP contribution in [0.3, 0.4) is 0 Å². The highest BCUT2D eigenvalue weighted by Crippen LogP contribution is 2.30. The second-order valence-corrected chi connectivity index (χ2v) is 7.90. The van der Waals surface area contributed by atoms with E-state index in [1.807, 2.05) is 0 Å². The molecule has 20 heavy (non-hydrogen) atoms. The SMILES string of the molecule is CC1CCC(N2CCC(N3CCC(C)CC3)CC2)CC1. The Hall–Kier alpha value is -0.0800. The van der Waals surface area contributed by atoms with Crippen LogP contribution in [-0.4, -0.2) is 48.1 Å². The van der Waals surface area contributed by atoms with E-state index in [0.29, 0.717) is 0 Å². The standard InChI is InChI=1S/C18H34N2/c1-15-3-5-17(6-4-15)20-13-9-18(10-14-20)19-11-7-16(2)8-12-19/h15-18H,3-14H2,1-2H3. The van der Waals surface area contributed by atoms with Gasteiger partial charge in [0.2, 0.25) is 0 Å². The third-order valence-corrected chi connectivity index (χ3v) is 6.34. The lowest BCUT2D eigenvalue weighted by molar-refractivity contribution is 0.0506. The maximum atomic E-state index is 2.83. The number of rotatable bonds is 2. The molecule has 1 saturated carbocycles. The van der Waals surface area contributed by atoms with Crippen LogP contribution in [0.4, 0.5) is 0 Å². The molecule has 3 fully saturated rings. The molecule has 116 valence electrons. The fourth-order valence-corrected chi connectivity index (χ4v) is 4.62. The second kappa shape index (κ2) is 6.79. The largest absolute Gasteiger partial charge is 0.300 e. The first-order valence-corrected chi connectivity index (χ1v) is 9.20. The van der Waals surface area contributed by atoms with Crippen molar-refractivity contribution in [1.82, 2.24) is 9.80 Å². The van der Waals surface area contributed by atoms with Crippen molar-refractivity contribution in [3.63, 3.8) is 0 Å². The first kappa shape index (κ1) is 14.8. The summed E-state index contributed by atoms with van der Waals surface area (Å²) in [6.45, 7) is 10.3. The zero-order valence-electron chi connectivity index (χ0n) is 13.7. The Morgan fingerprint density at radius 1 is 0.500 bits per heavy atom. The summed E-state index contributed by atoms with van der Waals surface area (Å²) in [6.07, 6.45) is 11.6. The lowest BCUT2D eigenvalue weighted by atomic mass is 9.85. The second-order valence-electron chi connectivity index (χ2n) is 7.90. The van der Waals surface area contributed by atoms with Crippen molar-refractivity contribution < 1.29 is 0 Å². The summed E-state index contributed by atoms with van der Waals surface area (Å²) in [5, 5.41) is 0. The van der Waals surface area contributed by atoms with E-state index in [9.17, 15) is 0 Å². The van der Waals surface area contributed by atoms with Gasteiger partial charge in [-0.05, 0) is 89.4 Å². The average molecular weight is 278 g/mol. The van der Waals surface area contributed by atoms with Crippen LogP contribution in [0.25, 0.3) is 0 Å². The van der Waals surface area contributed by atoms with Crippen LogP contribution in [0.5, 0.6) is 0 Å². The molecule has 0 radical (unpaired) electrons. The van der Waals surface area contributed by atoms with Crippen LogP contribution in [0, 0.1) is 11.8 Å². The van der Waals surface area contributed by atoms with E-state index < -0.39 is 0 Å². The summed E-state index contributed by atoms with van der Waals surface area (Å²) >= 11 is 0. The minimum atomic E-state index is 0.904. The van der Waals surface area contributed by atoms with Crippen molar-refractivity contribution in [2.75, 3.05) is 26.2 Å². The van der Waals surface area contributed by atoms with Gasteiger partial charge >= 0.3 is 0 Å². The minimum absolute atomic E-state index is 0.904. The van der Waals surface area contributed by atoms with Gasteiger partial charge in [-0.2, -0.15) is 0 Å². The van der Waals surface area contributed by atoms with Crippen LogP contribution in [0.1, 0.15) is 65.2 Å². The molecule has 3 rings (SSSR count). The maximum absolute atomic E-state index is 2.83. The van der Waals surface area contributed by atoms with Gasteiger partial charge in [0, 0.05) is 12.1 Å². The minimum Gasteiger partial charge on any atom is -0.300 e. The van der Waals surface area contributed by atoms with Crippen LogP contribution in [0.2, 0.25) is 0 Å². The van der Waals surface area contributed by atoms with Crippen molar-refractivity contribution in [1.29, 1.82) is 0 Å². The van der Waals surface area contributed by atoms with Crippen LogP contribution < -0.4 is 0 Å². The molecule has 0 N–H and O–H groups in total. The Kier molecular flexibility index (Phi) is 5.04. The Bertz CT molecular complexity index is 250. The predicted molar refractivity (Wildman–Crippen MR) is 86.0 cm³/mol. The van der Waals surface area contributed by atoms with Gasteiger partial charge in [0.1, 0.15) is 0 Å². The van der Waals surface area contributed by atoms with E-state index in [0.717, 1.165) is 23.9 Å². The summed E-state index contributed by atoms with van der Waals surface area (Å²) in [5.74, 6) is 1.95. The van der Waals surface area contributed by atoms with Gasteiger partial charge in [0.25, 0.3) is 0 Å². The molecule has 2 heteroatoms. The molecule has 1 aliphatic carbocycles. The molecule has 2 nitrogen and oxygen atoms in total. The van der Waals surface area contributed by atoms with Gasteiger partial charge in [-0.3, -0.25) is 0 Å². The third-order valence-electron chi connectivity index (χ3n) is 6.34. The van der Waals surface area contributed by atoms with Crippen molar-refractivity contribution in [3.05, 3.63) is 0 Å². The zero-order valence-corrected chi connectivity index (χ0v) is 13.7. The Morgan fingerprint density at radius 3 is 1.45 bits per heavy atom. The number of nitrogens with zero attached hydrogens (tertiary/aromatic N) is 2. The lowest BCUT2D eigenvalue weighted by Crippen LogP contribution is -2.50. The van der Waals surface area contributed by atoms with Gasteiger partial charge in [0.05, 0.1) is 0 Å². The van der Waals surface area contributed by atoms with Crippen molar-refractivity contribution in [2.45, 2.75) is 77.3 Å². The van der Waals surface area contributed by atoms with Gasteiger partial charge < -0.3 is 9.80 Å². The molecule has 0 aromatic heterocycles. The summed E-state index contributed by atoms with van der Waals surface area (Å²) in [5.41, 5.74) is 0. The van der Waals surface area contributed by atoms with E-state index in [1.54, 1.807) is 0 Å². The quantitative estimate of drug-likeness (QED) is 0.759. The fraction of sp³-hybridized carbons (Fsp3) is 1.00. The molecule has 0 unspecified atom stereocenters. The van der Waals surface area contributed by atoms with Gasteiger partial charge in [-0.1, -0.05) is 13.8 Å². The monoisotopic (exact) mass is 278 g/mol. The number of hydrogen-bond acceptors (Lipinski definition) is 2. The van der Waals surface area contributed by atoms with E-state index in [-0.39, 0.29) is 0 Å². The Labute approximate surface area is 125 Å². The van der Waals surface area contributed by atoms with Crippen molar-refractivity contribution in [3.8, 4) is 0 Å². The highest BCUT2D eigenvalue weighted by Gasteiger charge is 2.30. The van der Waals surface area contributed by atoms with E-state index in [2.05, 4.69) is 23.6 Å². The lowest BCUT2D eigenvalue weighted by Gasteiger charge is -2.44. The smallest absolute Gasteiger partial charge is 0.0120 e. The molecule has 0 aromatic carbocycles. The molecule has 0 spiro atoms. The molecule has 2 saturated heterocycles. The molecular weight excluding hydrogens is 244 g/mol. The molecule has 0 aromatic rings. The normalized spacial score (nSPS) is 36.3. The Morgan fingerprint density at radius 2 is 0.900 bits per heavy atom. The van der Waals surface area contributed by atoms with Crippen LogP contribution in [-0.2, 0) is 0 Å². The maximum Gasteiger partial charge on any atom is 0.0120 e. The van der Waals surface area contributed by atoms with Gasteiger partial charge in [-0.15, -0.1) is 0 Å². The van der Waals surface area contributed by atoms with Gasteiger partial charge in [-0.25, -0.2) is 0 Å². The fourth-order valence-electron chi connectivity index (χ4n) is 4.62. The van der Waals surface area contributed by atoms with Gasteiger partial charge in [0.15, 0.2) is 0 Å². The number of hydrogen-bond donors (Lipinski definition) is 0. The number of likely N-dealkylation sites (tertiary alicyclic amines) is 2. The predicted octanol–water partition coefficient (Wildman–Crippen LogP) is 3.76. The summed E-state index contributed by atoms with van der Waals surface area (Å²) in [6, 6.07) is 1.83. The molecule has 3 aliphatic rings. The highest BCUT2D eigenvalue weighted by molar-refractivity contribution is 4.86. The van der Waals surface area contributed by atoms with Crippen LogP contribution >= 0.6 is 0 Å². The van der Waals surface area contributed by atoms with Crippen LogP contribution in [0.15, 0.2) is 0 Å². The average Bonchev–Trinajstić information content (AvgIpc) is 2.49. The van der Waals surface area contributed by atoms with Crippen molar-refractivity contribution in [2.24, 2.45) is 11.8 Å². The molecule has 0 bridgehead atoms. The van der Waals surface area contributed by atoms with Crippen molar-refractivity contribution >= 4 is 0 Å². The third kappa shape index (κ3) is 3.57. The highest BCUT2D eigenvalue weighted by atomic mass is 15.2. The molecule has 2 aliphatic heterocycles. The molecule has 0 amide bonds. The molecular formula is C18H34N2. The van der Waals surface area contributed by atoms with E-state index in [1.165, 1.54) is 77.5 Å². The van der Waals surface area contributed by atoms with E-state index >= 15 is 0 Å². The summed E-state index contributed by atoms with van der Waals surface area (Å²) in [7, 11) is 0. The number of piperidine rings is 2.